The van der Waals surface area contributed by atoms with Crippen molar-refractivity contribution >= 4 is 47.1 Å². The van der Waals surface area contributed by atoms with E-state index in [1.807, 2.05) is 41.5 Å². The number of ether oxygens (including phenoxy) is 7. The number of amides is 2. The predicted molar refractivity (Wildman–Crippen MR) is 232 cm³/mol. The molecule has 0 bridgehead atoms. The predicted octanol–water partition coefficient (Wildman–Crippen LogP) is 1.99. The summed E-state index contributed by atoms with van der Waals surface area (Å²) in [7, 11) is -3.15. The van der Waals surface area contributed by atoms with E-state index in [1.54, 1.807) is 6.92 Å². The van der Waals surface area contributed by atoms with E-state index in [1.165, 1.54) is 11.8 Å². The normalized spacial score (nSPS) is 26.1. The number of unbranched alkanes of at least 4 members (excludes halogenated alkanes) is 3. The summed E-state index contributed by atoms with van der Waals surface area (Å²) in [6.07, 6.45) is -3.36. The van der Waals surface area contributed by atoms with Crippen molar-refractivity contribution in [3.63, 3.8) is 0 Å². The van der Waals surface area contributed by atoms with Gasteiger partial charge in [0.1, 0.15) is 44.5 Å². The third kappa shape index (κ3) is 27.0. The second-order valence-corrected chi connectivity index (χ2v) is 20.8. The fourth-order valence-corrected chi connectivity index (χ4v) is 8.30. The first-order chi connectivity index (χ1) is 29.5. The smallest absolute Gasteiger partial charge is 0.388 e. The van der Waals surface area contributed by atoms with Gasteiger partial charge in [0.25, 0.3) is 0 Å². The largest absolute Gasteiger partial charge is 0.472 e. The molecule has 0 saturated carbocycles. The average Bonchev–Trinajstić information content (AvgIpc) is 3.60. The first kappa shape index (κ1) is 58.3. The number of thioether (sulfide) groups is 1. The van der Waals surface area contributed by atoms with Gasteiger partial charge >= 0.3 is 15.6 Å². The highest BCUT2D eigenvalue weighted by atomic mass is 32.2. The third-order valence-corrected chi connectivity index (χ3v) is 11.9. The number of aliphatic hydroxyl groups is 2. The summed E-state index contributed by atoms with van der Waals surface area (Å²) in [4.78, 5) is 44.4. The Labute approximate surface area is 377 Å². The molecule has 0 aliphatic carbocycles. The average molecular weight is 967 g/mol. The van der Waals surface area contributed by atoms with E-state index in [-0.39, 0.29) is 70.2 Å². The Kier molecular flexibility index (Phi) is 27.7. The Morgan fingerprint density at radius 2 is 1.27 bits per heavy atom. The van der Waals surface area contributed by atoms with Gasteiger partial charge in [-0.25, -0.2) is 9.13 Å². The lowest BCUT2D eigenvalue weighted by molar-refractivity contribution is -0.121. The maximum atomic E-state index is 12.5. The van der Waals surface area contributed by atoms with Crippen LogP contribution in [0.5, 0.6) is 0 Å². The maximum absolute atomic E-state index is 12.5. The Hall–Kier alpha value is -0.785. The number of carbonyl (C=O) groups excluding carboxylic acids is 2. The highest BCUT2D eigenvalue weighted by molar-refractivity contribution is 7.99. The SMILES string of the molecule is [B][C@@H]1O[C@H](COC(C)(C)C)C(OP(=O)(O)OCCCCCCNC(=O)CCSCC(=O)NCCOCCOCCOCCOP(=O)(O)OC[C@H]2O[C@@H](C)[C@@H](O)C2OC(C)(C)C)[C@@H]1O. The van der Waals surface area contributed by atoms with E-state index >= 15 is 0 Å². The molecule has 2 saturated heterocycles. The van der Waals surface area contributed by atoms with Crippen LogP contribution in [0.25, 0.3) is 0 Å². The molecule has 2 aliphatic heterocycles. The Balaban J connectivity index is 1.36. The zero-order valence-corrected chi connectivity index (χ0v) is 40.5. The summed E-state index contributed by atoms with van der Waals surface area (Å²) in [5, 5.41) is 26.2. The standard InChI is InChI=1S/C38H73BN2O19P2S/c1-27-32(44)34(59-38(5,6)7)29(57-27)25-56-61(46,47)55-22-21-52-20-19-51-18-17-50-16-14-41-31(43)26-63-23-12-30(42)40-13-10-8-9-11-15-54-62(48,49)60-35-28(24-53-37(2,3)4)58-36(39)33(35)45/h27-29,32-36,44-45H,8-26H2,1-7H3,(H,40,42)(H,41,43)(H,46,47)(H,48,49)/t27-,28+,29+,32+,33-,34?,35?,36+/m0/s1. The number of hydrogen-bond acceptors (Lipinski definition) is 18. The van der Waals surface area contributed by atoms with E-state index in [2.05, 4.69) is 10.6 Å². The van der Waals surface area contributed by atoms with Crippen LogP contribution in [0.3, 0.4) is 0 Å². The first-order valence-corrected chi connectivity index (χ1v) is 25.5. The summed E-state index contributed by atoms with van der Waals surface area (Å²) in [6, 6.07) is -1.09. The fourth-order valence-electron chi connectivity index (χ4n) is 5.83. The fraction of sp³-hybridized carbons (Fsp3) is 0.947. The van der Waals surface area contributed by atoms with Crippen LogP contribution in [0.15, 0.2) is 0 Å². The van der Waals surface area contributed by atoms with Crippen molar-refractivity contribution < 1.29 is 90.0 Å². The van der Waals surface area contributed by atoms with Gasteiger partial charge in [-0.1, -0.05) is 12.8 Å². The van der Waals surface area contributed by atoms with Crippen LogP contribution in [0.2, 0.25) is 0 Å². The van der Waals surface area contributed by atoms with Crippen molar-refractivity contribution in [3.8, 4) is 0 Å². The van der Waals surface area contributed by atoms with Gasteiger partial charge in [0.05, 0.1) is 89.1 Å². The lowest BCUT2D eigenvalue weighted by atomic mass is 9.93. The number of hydrogen-bond donors (Lipinski definition) is 6. The molecule has 2 radical (unpaired) electrons. The highest BCUT2D eigenvalue weighted by Crippen LogP contribution is 2.47. The van der Waals surface area contributed by atoms with Crippen LogP contribution in [0, 0.1) is 0 Å². The Bertz CT molecular complexity index is 1400. The maximum Gasteiger partial charge on any atom is 0.472 e. The molecular weight excluding hydrogens is 893 g/mol. The van der Waals surface area contributed by atoms with Gasteiger partial charge in [-0.3, -0.25) is 27.7 Å². The van der Waals surface area contributed by atoms with E-state index in [0.717, 1.165) is 6.42 Å². The Morgan fingerprint density at radius 1 is 0.683 bits per heavy atom. The van der Waals surface area contributed by atoms with Crippen molar-refractivity contribution in [1.29, 1.82) is 0 Å². The minimum atomic E-state index is -4.50. The van der Waals surface area contributed by atoms with Crippen LogP contribution in [0.1, 0.15) is 80.6 Å². The summed E-state index contributed by atoms with van der Waals surface area (Å²) in [5.74, 6) is 0.409. The number of aliphatic hydroxyl groups excluding tert-OH is 2. The van der Waals surface area contributed by atoms with E-state index < -0.39 is 75.6 Å². The minimum Gasteiger partial charge on any atom is -0.388 e. The minimum absolute atomic E-state index is 0.00595. The molecule has 0 aromatic carbocycles. The van der Waals surface area contributed by atoms with Gasteiger partial charge in [0.15, 0.2) is 0 Å². The van der Waals surface area contributed by atoms with Crippen LogP contribution < -0.4 is 10.6 Å². The second kappa shape index (κ2) is 29.9. The van der Waals surface area contributed by atoms with Crippen LogP contribution >= 0.6 is 27.4 Å². The van der Waals surface area contributed by atoms with Crippen molar-refractivity contribution in [3.05, 3.63) is 0 Å². The number of phosphoric ester groups is 2. The van der Waals surface area contributed by atoms with Gasteiger partial charge in [0.2, 0.25) is 11.8 Å². The molecule has 2 rings (SSSR count). The molecule has 2 fully saturated rings. The van der Waals surface area contributed by atoms with Gasteiger partial charge < -0.3 is 63.8 Å². The molecule has 6 N–H and O–H groups in total. The van der Waals surface area contributed by atoms with Gasteiger partial charge in [-0.2, -0.15) is 11.8 Å². The van der Waals surface area contributed by atoms with Crippen LogP contribution in [-0.2, 0) is 70.0 Å². The zero-order valence-electron chi connectivity index (χ0n) is 37.8. The lowest BCUT2D eigenvalue weighted by Crippen LogP contribution is -2.41. The van der Waals surface area contributed by atoms with E-state index in [9.17, 15) is 38.7 Å². The quantitative estimate of drug-likeness (QED) is 0.0306. The summed E-state index contributed by atoms with van der Waals surface area (Å²) < 4.78 is 83.9. The topological polar surface area (TPSA) is 275 Å². The third-order valence-electron chi connectivity index (χ3n) is 8.92. The second-order valence-electron chi connectivity index (χ2n) is 16.8. The number of phosphoric acid groups is 2. The molecule has 10 atom stereocenters. The monoisotopic (exact) mass is 966 g/mol. The molecule has 21 nitrogen and oxygen atoms in total. The van der Waals surface area contributed by atoms with Gasteiger partial charge in [-0.05, 0) is 61.3 Å². The summed E-state index contributed by atoms with van der Waals surface area (Å²) in [6.45, 7) is 14.4. The van der Waals surface area contributed by atoms with E-state index in [0.29, 0.717) is 57.9 Å². The molecule has 0 aromatic rings. The van der Waals surface area contributed by atoms with Gasteiger partial charge in [0, 0.05) is 31.3 Å². The molecule has 25 heteroatoms. The molecule has 2 heterocycles. The molecule has 0 spiro atoms. The first-order valence-electron chi connectivity index (χ1n) is 21.3. The molecule has 2 amide bonds. The molecular formula is C38H73BN2O19P2S. The number of nitrogens with one attached hydrogen (secondary N) is 2. The molecule has 2 aliphatic rings. The number of carbonyl (C=O) groups is 2. The van der Waals surface area contributed by atoms with Crippen molar-refractivity contribution in [1.82, 2.24) is 10.6 Å². The molecule has 63 heavy (non-hydrogen) atoms. The number of rotatable bonds is 34. The van der Waals surface area contributed by atoms with Gasteiger partial charge in [-0.15, -0.1) is 0 Å². The lowest BCUT2D eigenvalue weighted by Gasteiger charge is -2.29. The van der Waals surface area contributed by atoms with Crippen molar-refractivity contribution in [2.45, 2.75) is 141 Å². The summed E-state index contributed by atoms with van der Waals surface area (Å²) in [5.41, 5.74) is -1.06. The summed E-state index contributed by atoms with van der Waals surface area (Å²) >= 11 is 1.35. The molecule has 368 valence electrons. The zero-order chi connectivity index (χ0) is 47.1. The van der Waals surface area contributed by atoms with Crippen LogP contribution in [0.4, 0.5) is 0 Å². The Morgan fingerprint density at radius 3 is 1.92 bits per heavy atom. The highest BCUT2D eigenvalue weighted by Gasteiger charge is 2.47. The van der Waals surface area contributed by atoms with E-state index in [4.69, 9.17) is 59.1 Å². The molecule has 0 aromatic heterocycles. The van der Waals surface area contributed by atoms with Crippen molar-refractivity contribution in [2.24, 2.45) is 0 Å². The van der Waals surface area contributed by atoms with Crippen molar-refractivity contribution in [2.75, 3.05) is 90.7 Å². The van der Waals surface area contributed by atoms with Crippen LogP contribution in [-0.4, -0.2) is 190 Å². The molecule has 4 unspecified atom stereocenters.